The van der Waals surface area contributed by atoms with Crippen LogP contribution in [0.4, 0.5) is 4.39 Å². The Bertz CT molecular complexity index is 770. The highest BCUT2D eigenvalue weighted by Crippen LogP contribution is 2.17. The van der Waals surface area contributed by atoms with Crippen LogP contribution in [-0.4, -0.2) is 16.0 Å². The molecule has 0 fully saturated rings. The predicted molar refractivity (Wildman–Crippen MR) is 77.3 cm³/mol. The van der Waals surface area contributed by atoms with Gasteiger partial charge in [0.05, 0.1) is 6.54 Å². The van der Waals surface area contributed by atoms with E-state index in [9.17, 15) is 9.18 Å². The molecule has 1 N–H and O–H groups in total. The standard InChI is InChI=1S/C16H12FN3O2/c17-13-8-6-12(7-9-13)16-19-14(20-22-16)10-18-15(21)11-4-2-1-3-5-11/h1-9H,10H2,(H,18,21). The Hall–Kier alpha value is -3.02. The van der Waals surface area contributed by atoms with Crippen LogP contribution in [0.5, 0.6) is 0 Å². The number of carbonyl (C=O) groups excluding carboxylic acids is 1. The Morgan fingerprint density at radius 3 is 2.55 bits per heavy atom. The molecule has 5 nitrogen and oxygen atoms in total. The van der Waals surface area contributed by atoms with Crippen LogP contribution in [0, 0.1) is 5.82 Å². The van der Waals surface area contributed by atoms with Crippen LogP contribution >= 0.6 is 0 Å². The van der Waals surface area contributed by atoms with Gasteiger partial charge in [-0.2, -0.15) is 4.98 Å². The number of rotatable bonds is 4. The molecule has 0 atom stereocenters. The van der Waals surface area contributed by atoms with Crippen molar-refractivity contribution in [2.24, 2.45) is 0 Å². The zero-order chi connectivity index (χ0) is 15.4. The third-order valence-corrected chi connectivity index (χ3v) is 3.00. The van der Waals surface area contributed by atoms with Crippen LogP contribution in [0.25, 0.3) is 11.5 Å². The molecule has 0 unspecified atom stereocenters. The highest BCUT2D eigenvalue weighted by Gasteiger charge is 2.10. The molecule has 3 aromatic rings. The molecule has 22 heavy (non-hydrogen) atoms. The number of hydrogen-bond acceptors (Lipinski definition) is 4. The van der Waals surface area contributed by atoms with E-state index in [0.717, 1.165) is 0 Å². The molecule has 0 aliphatic heterocycles. The van der Waals surface area contributed by atoms with Gasteiger partial charge in [0, 0.05) is 11.1 Å². The zero-order valence-corrected chi connectivity index (χ0v) is 11.5. The van der Waals surface area contributed by atoms with E-state index in [1.54, 1.807) is 36.4 Å². The van der Waals surface area contributed by atoms with E-state index in [2.05, 4.69) is 15.5 Å². The van der Waals surface area contributed by atoms with Crippen molar-refractivity contribution < 1.29 is 13.7 Å². The molecule has 2 aromatic carbocycles. The molecule has 0 radical (unpaired) electrons. The molecule has 0 saturated carbocycles. The van der Waals surface area contributed by atoms with Gasteiger partial charge in [-0.15, -0.1) is 0 Å². The first-order valence-electron chi connectivity index (χ1n) is 6.64. The third-order valence-electron chi connectivity index (χ3n) is 3.00. The number of hydrogen-bond donors (Lipinski definition) is 1. The average molecular weight is 297 g/mol. The summed E-state index contributed by atoms with van der Waals surface area (Å²) in [6.07, 6.45) is 0. The van der Waals surface area contributed by atoms with Crippen LogP contribution in [0.3, 0.4) is 0 Å². The van der Waals surface area contributed by atoms with Crippen LogP contribution in [0.15, 0.2) is 59.1 Å². The van der Waals surface area contributed by atoms with Crippen LogP contribution in [-0.2, 0) is 6.54 Å². The van der Waals surface area contributed by atoms with Crippen LogP contribution in [0.1, 0.15) is 16.2 Å². The molecule has 110 valence electrons. The van der Waals surface area contributed by atoms with E-state index in [0.29, 0.717) is 17.0 Å². The summed E-state index contributed by atoms with van der Waals surface area (Å²) in [5.74, 6) is 0.0833. The summed E-state index contributed by atoms with van der Waals surface area (Å²) in [5, 5.41) is 6.49. The number of halogens is 1. The minimum absolute atomic E-state index is 0.151. The van der Waals surface area contributed by atoms with Gasteiger partial charge < -0.3 is 9.84 Å². The van der Waals surface area contributed by atoms with Gasteiger partial charge in [-0.25, -0.2) is 4.39 Å². The van der Waals surface area contributed by atoms with Gasteiger partial charge in [-0.1, -0.05) is 23.4 Å². The maximum atomic E-state index is 12.9. The van der Waals surface area contributed by atoms with E-state index >= 15 is 0 Å². The van der Waals surface area contributed by atoms with Crippen molar-refractivity contribution in [2.45, 2.75) is 6.54 Å². The Labute approximate surface area is 125 Å². The molecule has 0 aliphatic rings. The molecule has 0 bridgehead atoms. The van der Waals surface area contributed by atoms with Crippen molar-refractivity contribution in [2.75, 3.05) is 0 Å². The van der Waals surface area contributed by atoms with Crippen molar-refractivity contribution in [3.8, 4) is 11.5 Å². The minimum Gasteiger partial charge on any atom is -0.345 e. The average Bonchev–Trinajstić information content (AvgIpc) is 3.03. The lowest BCUT2D eigenvalue weighted by molar-refractivity contribution is 0.0949. The maximum absolute atomic E-state index is 12.9. The molecule has 1 heterocycles. The summed E-state index contributed by atoms with van der Waals surface area (Å²) < 4.78 is 18.0. The monoisotopic (exact) mass is 297 g/mol. The van der Waals surface area contributed by atoms with Gasteiger partial charge in [0.25, 0.3) is 11.8 Å². The van der Waals surface area contributed by atoms with Gasteiger partial charge >= 0.3 is 0 Å². The summed E-state index contributed by atoms with van der Waals surface area (Å²) in [6, 6.07) is 14.6. The van der Waals surface area contributed by atoms with Crippen molar-refractivity contribution in [3.05, 3.63) is 71.8 Å². The molecule has 1 aromatic heterocycles. The zero-order valence-electron chi connectivity index (χ0n) is 11.5. The number of benzene rings is 2. The second-order valence-electron chi connectivity index (χ2n) is 4.57. The van der Waals surface area contributed by atoms with E-state index in [1.807, 2.05) is 6.07 Å². The molecule has 3 rings (SSSR count). The fourth-order valence-corrected chi connectivity index (χ4v) is 1.89. The SMILES string of the molecule is O=C(NCc1noc(-c2ccc(F)cc2)n1)c1ccccc1. The first-order valence-corrected chi connectivity index (χ1v) is 6.64. The summed E-state index contributed by atoms with van der Waals surface area (Å²) in [5.41, 5.74) is 1.18. The molecule has 0 saturated heterocycles. The molecule has 0 aliphatic carbocycles. The van der Waals surface area contributed by atoms with Gasteiger partial charge in [0.2, 0.25) is 0 Å². The van der Waals surface area contributed by atoms with E-state index < -0.39 is 0 Å². The number of nitrogens with one attached hydrogen (secondary N) is 1. The third kappa shape index (κ3) is 3.17. The lowest BCUT2D eigenvalue weighted by atomic mass is 10.2. The molecule has 1 amide bonds. The Kier molecular flexibility index (Phi) is 3.91. The second kappa shape index (κ2) is 6.17. The molecule has 0 spiro atoms. The summed E-state index contributed by atoms with van der Waals surface area (Å²) in [4.78, 5) is 16.1. The van der Waals surface area contributed by atoms with Gasteiger partial charge in [-0.3, -0.25) is 4.79 Å². The van der Waals surface area contributed by atoms with Crippen molar-refractivity contribution in [1.29, 1.82) is 0 Å². The summed E-state index contributed by atoms with van der Waals surface area (Å²) >= 11 is 0. The largest absolute Gasteiger partial charge is 0.345 e. The van der Waals surface area contributed by atoms with Crippen molar-refractivity contribution in [3.63, 3.8) is 0 Å². The molecular formula is C16H12FN3O2. The number of aromatic nitrogens is 2. The van der Waals surface area contributed by atoms with Crippen LogP contribution < -0.4 is 5.32 Å². The van der Waals surface area contributed by atoms with Gasteiger partial charge in [0.15, 0.2) is 5.82 Å². The minimum atomic E-state index is -0.335. The van der Waals surface area contributed by atoms with Gasteiger partial charge in [0.1, 0.15) is 5.82 Å². The van der Waals surface area contributed by atoms with Crippen molar-refractivity contribution in [1.82, 2.24) is 15.5 Å². The first kappa shape index (κ1) is 13.9. The normalized spacial score (nSPS) is 10.4. The fraction of sp³-hybridized carbons (Fsp3) is 0.0625. The maximum Gasteiger partial charge on any atom is 0.257 e. The number of amides is 1. The van der Waals surface area contributed by atoms with Crippen molar-refractivity contribution >= 4 is 5.91 Å². The summed E-state index contributed by atoms with van der Waals surface area (Å²) in [6.45, 7) is 0.151. The first-order chi connectivity index (χ1) is 10.7. The quantitative estimate of drug-likeness (QED) is 0.804. The molecular weight excluding hydrogens is 285 g/mol. The van der Waals surface area contributed by atoms with E-state index in [-0.39, 0.29) is 24.2 Å². The molecule has 6 heteroatoms. The number of nitrogens with zero attached hydrogens (tertiary/aromatic N) is 2. The number of carbonyl (C=O) groups is 1. The predicted octanol–water partition coefficient (Wildman–Crippen LogP) is 2.81. The smallest absolute Gasteiger partial charge is 0.257 e. The highest BCUT2D eigenvalue weighted by atomic mass is 19.1. The lowest BCUT2D eigenvalue weighted by Gasteiger charge is -2.01. The lowest BCUT2D eigenvalue weighted by Crippen LogP contribution is -2.23. The van der Waals surface area contributed by atoms with Gasteiger partial charge in [-0.05, 0) is 36.4 Å². The Morgan fingerprint density at radius 1 is 1.09 bits per heavy atom. The Balaban J connectivity index is 1.65. The topological polar surface area (TPSA) is 68.0 Å². The Morgan fingerprint density at radius 2 is 1.82 bits per heavy atom. The fourth-order valence-electron chi connectivity index (χ4n) is 1.89. The summed E-state index contributed by atoms with van der Waals surface area (Å²) in [7, 11) is 0. The van der Waals surface area contributed by atoms with Crippen LogP contribution in [0.2, 0.25) is 0 Å². The highest BCUT2D eigenvalue weighted by molar-refractivity contribution is 5.93. The second-order valence-corrected chi connectivity index (χ2v) is 4.57. The van der Waals surface area contributed by atoms with E-state index in [1.165, 1.54) is 12.1 Å². The van der Waals surface area contributed by atoms with E-state index in [4.69, 9.17) is 4.52 Å².